The smallest absolute Gasteiger partial charge is 0.410 e. The second-order valence-electron chi connectivity index (χ2n) is 6.85. The molecule has 0 spiro atoms. The second kappa shape index (κ2) is 5.68. The van der Waals surface area contributed by atoms with Gasteiger partial charge in [0.05, 0.1) is 13.2 Å². The van der Waals surface area contributed by atoms with E-state index in [1.807, 2.05) is 39.8 Å². The van der Waals surface area contributed by atoms with Gasteiger partial charge in [0.15, 0.2) is 0 Å². The zero-order valence-corrected chi connectivity index (χ0v) is 13.6. The van der Waals surface area contributed by atoms with Gasteiger partial charge >= 0.3 is 6.09 Å². The van der Waals surface area contributed by atoms with Crippen molar-refractivity contribution in [3.05, 3.63) is 35.4 Å². The van der Waals surface area contributed by atoms with Gasteiger partial charge in [-0.1, -0.05) is 29.8 Å². The number of ether oxygens (including phenoxy) is 2. The van der Waals surface area contributed by atoms with E-state index in [0.29, 0.717) is 19.7 Å². The molecule has 1 aliphatic heterocycles. The minimum absolute atomic E-state index is 0.273. The zero-order valence-electron chi connectivity index (χ0n) is 13.6. The van der Waals surface area contributed by atoms with E-state index in [1.54, 1.807) is 4.90 Å². The zero-order chi connectivity index (χ0) is 15.7. The first-order chi connectivity index (χ1) is 9.70. The predicted molar refractivity (Wildman–Crippen MR) is 82.3 cm³/mol. The van der Waals surface area contributed by atoms with Crippen LogP contribution < -0.4 is 0 Å². The quantitative estimate of drug-likeness (QED) is 0.795. The lowest BCUT2D eigenvalue weighted by atomic mass is 9.93. The fourth-order valence-electron chi connectivity index (χ4n) is 2.50. The number of carbonyl (C=O) groups is 1. The molecule has 1 aromatic rings. The fourth-order valence-corrected chi connectivity index (χ4v) is 2.50. The molecule has 21 heavy (non-hydrogen) atoms. The van der Waals surface area contributed by atoms with Crippen molar-refractivity contribution in [2.45, 2.75) is 45.8 Å². The van der Waals surface area contributed by atoms with Crippen LogP contribution in [0.15, 0.2) is 24.3 Å². The molecule has 2 rings (SSSR count). The second-order valence-corrected chi connectivity index (χ2v) is 6.85. The highest BCUT2D eigenvalue weighted by atomic mass is 16.6. The monoisotopic (exact) mass is 291 g/mol. The fraction of sp³-hybridized carbons (Fsp3) is 0.588. The Hall–Kier alpha value is -1.55. The van der Waals surface area contributed by atoms with Crippen molar-refractivity contribution < 1.29 is 14.3 Å². The summed E-state index contributed by atoms with van der Waals surface area (Å²) in [6.07, 6.45) is -0.273. The Morgan fingerprint density at radius 1 is 1.38 bits per heavy atom. The lowest BCUT2D eigenvalue weighted by Crippen LogP contribution is -2.51. The Morgan fingerprint density at radius 3 is 2.71 bits per heavy atom. The van der Waals surface area contributed by atoms with Gasteiger partial charge in [-0.3, -0.25) is 0 Å². The Kier molecular flexibility index (Phi) is 4.28. The van der Waals surface area contributed by atoms with E-state index in [1.165, 1.54) is 5.56 Å². The SMILES string of the molecule is Cc1cccc([C@@]2(C)CN(C(=O)OC(C)(C)C)CCO2)c1. The number of carbonyl (C=O) groups excluding carboxylic acids is 1. The number of hydrogen-bond donors (Lipinski definition) is 0. The Labute approximate surface area is 127 Å². The van der Waals surface area contributed by atoms with Crippen molar-refractivity contribution in [2.24, 2.45) is 0 Å². The maximum Gasteiger partial charge on any atom is 0.410 e. The van der Waals surface area contributed by atoms with E-state index in [0.717, 1.165) is 5.56 Å². The Bertz CT molecular complexity index is 521. The first-order valence-electron chi connectivity index (χ1n) is 7.39. The topological polar surface area (TPSA) is 38.8 Å². The molecule has 0 saturated carbocycles. The van der Waals surface area contributed by atoms with Crippen LogP contribution in [0.4, 0.5) is 4.79 Å². The van der Waals surface area contributed by atoms with Crippen molar-refractivity contribution in [3.8, 4) is 0 Å². The van der Waals surface area contributed by atoms with Crippen molar-refractivity contribution in [3.63, 3.8) is 0 Å². The van der Waals surface area contributed by atoms with Crippen molar-refractivity contribution in [1.29, 1.82) is 0 Å². The van der Waals surface area contributed by atoms with Crippen molar-refractivity contribution >= 4 is 6.09 Å². The highest BCUT2D eigenvalue weighted by molar-refractivity contribution is 5.68. The molecule has 1 aliphatic rings. The predicted octanol–water partition coefficient (Wildman–Crippen LogP) is 3.48. The number of hydrogen-bond acceptors (Lipinski definition) is 3. The van der Waals surface area contributed by atoms with Gasteiger partial charge in [-0.05, 0) is 40.2 Å². The number of rotatable bonds is 1. The molecule has 116 valence electrons. The van der Waals surface area contributed by atoms with E-state index >= 15 is 0 Å². The average Bonchev–Trinajstić information content (AvgIpc) is 2.37. The van der Waals surface area contributed by atoms with Crippen LogP contribution in [0.2, 0.25) is 0 Å². The molecule has 0 aromatic heterocycles. The number of morpholine rings is 1. The molecule has 1 fully saturated rings. The highest BCUT2D eigenvalue weighted by Gasteiger charge is 2.37. The van der Waals surface area contributed by atoms with E-state index < -0.39 is 11.2 Å². The lowest BCUT2D eigenvalue weighted by Gasteiger charge is -2.41. The first kappa shape index (κ1) is 15.8. The lowest BCUT2D eigenvalue weighted by molar-refractivity contribution is -0.103. The Balaban J connectivity index is 2.15. The van der Waals surface area contributed by atoms with Gasteiger partial charge in [-0.25, -0.2) is 4.79 Å². The highest BCUT2D eigenvalue weighted by Crippen LogP contribution is 2.30. The van der Waals surface area contributed by atoms with Crippen LogP contribution >= 0.6 is 0 Å². The number of benzene rings is 1. The molecule has 1 saturated heterocycles. The molecule has 1 heterocycles. The van der Waals surface area contributed by atoms with Gasteiger partial charge in [0.25, 0.3) is 0 Å². The average molecular weight is 291 g/mol. The summed E-state index contributed by atoms with van der Waals surface area (Å²) in [5, 5.41) is 0. The van der Waals surface area contributed by atoms with Gasteiger partial charge in [-0.2, -0.15) is 0 Å². The Morgan fingerprint density at radius 2 is 2.10 bits per heavy atom. The molecule has 0 aliphatic carbocycles. The van der Waals surface area contributed by atoms with Crippen LogP contribution in [0.1, 0.15) is 38.8 Å². The summed E-state index contributed by atoms with van der Waals surface area (Å²) in [4.78, 5) is 14.0. The van der Waals surface area contributed by atoms with Crippen LogP contribution in [0, 0.1) is 6.92 Å². The van der Waals surface area contributed by atoms with Crippen LogP contribution in [0.3, 0.4) is 0 Å². The van der Waals surface area contributed by atoms with Gasteiger partial charge in [-0.15, -0.1) is 0 Å². The van der Waals surface area contributed by atoms with E-state index in [4.69, 9.17) is 9.47 Å². The normalized spacial score (nSPS) is 23.0. The molecule has 0 bridgehead atoms. The standard InChI is InChI=1S/C17H25NO3/c1-13-7-6-8-14(11-13)17(5)12-18(9-10-20-17)15(19)21-16(2,3)4/h6-8,11H,9-10,12H2,1-5H3/t17-/m1/s1. The number of nitrogens with zero attached hydrogens (tertiary/aromatic N) is 1. The van der Waals surface area contributed by atoms with Crippen LogP contribution in [0.25, 0.3) is 0 Å². The molecule has 1 atom stereocenters. The molecule has 0 unspecified atom stereocenters. The van der Waals surface area contributed by atoms with Crippen LogP contribution in [-0.4, -0.2) is 36.3 Å². The molecular formula is C17H25NO3. The third-order valence-corrected chi connectivity index (χ3v) is 3.55. The molecule has 1 aromatic carbocycles. The third kappa shape index (κ3) is 3.97. The summed E-state index contributed by atoms with van der Waals surface area (Å²) in [7, 11) is 0. The summed E-state index contributed by atoms with van der Waals surface area (Å²) in [6, 6.07) is 8.23. The van der Waals surface area contributed by atoms with Crippen LogP contribution in [0.5, 0.6) is 0 Å². The molecule has 1 amide bonds. The molecule has 4 nitrogen and oxygen atoms in total. The molecular weight excluding hydrogens is 266 g/mol. The molecule has 0 N–H and O–H groups in total. The minimum Gasteiger partial charge on any atom is -0.444 e. The van der Waals surface area contributed by atoms with Gasteiger partial charge in [0.1, 0.15) is 11.2 Å². The number of amides is 1. The molecule has 0 radical (unpaired) electrons. The van der Waals surface area contributed by atoms with Gasteiger partial charge < -0.3 is 14.4 Å². The largest absolute Gasteiger partial charge is 0.444 e. The van der Waals surface area contributed by atoms with Crippen LogP contribution in [-0.2, 0) is 15.1 Å². The minimum atomic E-state index is -0.485. The number of aryl methyl sites for hydroxylation is 1. The van der Waals surface area contributed by atoms with Crippen molar-refractivity contribution in [2.75, 3.05) is 19.7 Å². The summed E-state index contributed by atoms with van der Waals surface area (Å²) in [5.41, 5.74) is 1.32. The summed E-state index contributed by atoms with van der Waals surface area (Å²) >= 11 is 0. The summed E-state index contributed by atoms with van der Waals surface area (Å²) < 4.78 is 11.4. The first-order valence-corrected chi connectivity index (χ1v) is 7.39. The van der Waals surface area contributed by atoms with E-state index in [9.17, 15) is 4.79 Å². The van der Waals surface area contributed by atoms with Crippen molar-refractivity contribution in [1.82, 2.24) is 4.90 Å². The summed E-state index contributed by atoms with van der Waals surface area (Å²) in [6.45, 7) is 11.3. The van der Waals surface area contributed by atoms with E-state index in [-0.39, 0.29) is 6.09 Å². The molecule has 4 heteroatoms. The summed E-state index contributed by atoms with van der Waals surface area (Å²) in [5.74, 6) is 0. The maximum absolute atomic E-state index is 12.2. The van der Waals surface area contributed by atoms with E-state index in [2.05, 4.69) is 19.1 Å². The van der Waals surface area contributed by atoms with Gasteiger partial charge in [0, 0.05) is 6.54 Å². The third-order valence-electron chi connectivity index (χ3n) is 3.55. The van der Waals surface area contributed by atoms with Gasteiger partial charge in [0.2, 0.25) is 0 Å². The maximum atomic E-state index is 12.2.